The number of alkyl halides is 1. The minimum Gasteiger partial charge on any atom is -0.295 e. The van der Waals surface area contributed by atoms with Gasteiger partial charge in [0.1, 0.15) is 0 Å². The Morgan fingerprint density at radius 3 is 2.33 bits per heavy atom. The Labute approximate surface area is 120 Å². The second kappa shape index (κ2) is 6.72. The van der Waals surface area contributed by atoms with Crippen LogP contribution in [0.2, 0.25) is 0 Å². The highest BCUT2D eigenvalue weighted by Gasteiger charge is 2.24. The van der Waals surface area contributed by atoms with Crippen LogP contribution in [0.15, 0.2) is 24.3 Å². The van der Waals surface area contributed by atoms with Crippen LogP contribution in [0.5, 0.6) is 0 Å². The SMILES string of the molecule is CC(C)c1ccc(CN(CCBr)C2CCC2)cc1. The van der Waals surface area contributed by atoms with E-state index in [1.54, 1.807) is 0 Å². The fourth-order valence-corrected chi connectivity index (χ4v) is 2.95. The monoisotopic (exact) mass is 309 g/mol. The lowest BCUT2D eigenvalue weighted by atomic mass is 9.91. The van der Waals surface area contributed by atoms with E-state index in [0.29, 0.717) is 5.92 Å². The van der Waals surface area contributed by atoms with E-state index in [4.69, 9.17) is 0 Å². The van der Waals surface area contributed by atoms with Crippen molar-refractivity contribution in [2.75, 3.05) is 11.9 Å². The highest BCUT2D eigenvalue weighted by molar-refractivity contribution is 9.09. The van der Waals surface area contributed by atoms with Crippen molar-refractivity contribution in [1.82, 2.24) is 4.90 Å². The van der Waals surface area contributed by atoms with E-state index >= 15 is 0 Å². The molecule has 0 spiro atoms. The molecule has 2 heteroatoms. The van der Waals surface area contributed by atoms with Crippen molar-refractivity contribution in [3.63, 3.8) is 0 Å². The van der Waals surface area contributed by atoms with E-state index in [1.807, 2.05) is 0 Å². The third-order valence-corrected chi connectivity index (χ3v) is 4.35. The number of rotatable bonds is 6. The summed E-state index contributed by atoms with van der Waals surface area (Å²) in [7, 11) is 0. The number of hydrogen-bond donors (Lipinski definition) is 0. The van der Waals surface area contributed by atoms with Crippen molar-refractivity contribution in [1.29, 1.82) is 0 Å². The van der Waals surface area contributed by atoms with E-state index in [2.05, 4.69) is 58.9 Å². The van der Waals surface area contributed by atoms with Crippen molar-refractivity contribution in [3.8, 4) is 0 Å². The van der Waals surface area contributed by atoms with Crippen molar-refractivity contribution < 1.29 is 0 Å². The summed E-state index contributed by atoms with van der Waals surface area (Å²) in [6.45, 7) is 6.77. The first-order valence-corrected chi connectivity index (χ1v) is 8.21. The Bertz CT molecular complexity index is 354. The Hall–Kier alpha value is -0.340. The molecule has 1 nitrogen and oxygen atoms in total. The lowest BCUT2D eigenvalue weighted by Crippen LogP contribution is -2.40. The molecule has 18 heavy (non-hydrogen) atoms. The Morgan fingerprint density at radius 1 is 1.22 bits per heavy atom. The predicted molar refractivity (Wildman–Crippen MR) is 82.4 cm³/mol. The molecule has 0 bridgehead atoms. The van der Waals surface area contributed by atoms with Crippen molar-refractivity contribution in [2.45, 2.75) is 51.6 Å². The van der Waals surface area contributed by atoms with Crippen LogP contribution < -0.4 is 0 Å². The molecule has 1 aromatic carbocycles. The van der Waals surface area contributed by atoms with Crippen LogP contribution in [0, 0.1) is 0 Å². The number of hydrogen-bond acceptors (Lipinski definition) is 1. The summed E-state index contributed by atoms with van der Waals surface area (Å²) >= 11 is 3.57. The molecular formula is C16H24BrN. The minimum absolute atomic E-state index is 0.629. The highest BCUT2D eigenvalue weighted by atomic mass is 79.9. The van der Waals surface area contributed by atoms with Gasteiger partial charge in [-0.3, -0.25) is 4.90 Å². The minimum atomic E-state index is 0.629. The maximum Gasteiger partial charge on any atom is 0.0237 e. The zero-order valence-electron chi connectivity index (χ0n) is 11.5. The molecule has 0 heterocycles. The lowest BCUT2D eigenvalue weighted by molar-refractivity contribution is 0.128. The van der Waals surface area contributed by atoms with Gasteiger partial charge in [-0.25, -0.2) is 0 Å². The predicted octanol–water partition coefficient (Wildman–Crippen LogP) is 4.56. The Kier molecular flexibility index (Phi) is 5.25. The summed E-state index contributed by atoms with van der Waals surface area (Å²) in [4.78, 5) is 2.63. The fraction of sp³-hybridized carbons (Fsp3) is 0.625. The molecule has 0 radical (unpaired) electrons. The van der Waals surface area contributed by atoms with Gasteiger partial charge in [0.05, 0.1) is 0 Å². The topological polar surface area (TPSA) is 3.24 Å². The third-order valence-electron chi connectivity index (χ3n) is 3.99. The summed E-state index contributed by atoms with van der Waals surface area (Å²) in [5.74, 6) is 0.629. The molecule has 0 saturated heterocycles. The summed E-state index contributed by atoms with van der Waals surface area (Å²) < 4.78 is 0. The smallest absolute Gasteiger partial charge is 0.0237 e. The molecule has 1 saturated carbocycles. The first-order valence-electron chi connectivity index (χ1n) is 7.09. The van der Waals surface area contributed by atoms with Crippen LogP contribution in [0.1, 0.15) is 50.2 Å². The summed E-state index contributed by atoms with van der Waals surface area (Å²) in [6.07, 6.45) is 4.18. The number of nitrogens with zero attached hydrogens (tertiary/aromatic N) is 1. The third kappa shape index (κ3) is 3.58. The first kappa shape index (κ1) is 14.1. The van der Waals surface area contributed by atoms with Gasteiger partial charge < -0.3 is 0 Å². The van der Waals surface area contributed by atoms with E-state index in [-0.39, 0.29) is 0 Å². The molecule has 0 unspecified atom stereocenters. The Morgan fingerprint density at radius 2 is 1.89 bits per heavy atom. The second-order valence-electron chi connectivity index (χ2n) is 5.64. The quantitative estimate of drug-likeness (QED) is 0.696. The summed E-state index contributed by atoms with van der Waals surface area (Å²) in [6, 6.07) is 10.00. The molecular weight excluding hydrogens is 286 g/mol. The van der Waals surface area contributed by atoms with Crippen LogP contribution in [-0.2, 0) is 6.54 Å². The van der Waals surface area contributed by atoms with Crippen LogP contribution in [0.4, 0.5) is 0 Å². The van der Waals surface area contributed by atoms with Crippen LogP contribution in [0.25, 0.3) is 0 Å². The lowest BCUT2D eigenvalue weighted by Gasteiger charge is -2.37. The molecule has 0 aliphatic heterocycles. The molecule has 2 rings (SSSR count). The molecule has 1 aliphatic carbocycles. The van der Waals surface area contributed by atoms with Gasteiger partial charge >= 0.3 is 0 Å². The zero-order chi connectivity index (χ0) is 13.0. The van der Waals surface area contributed by atoms with Crippen molar-refractivity contribution in [3.05, 3.63) is 35.4 Å². The van der Waals surface area contributed by atoms with Gasteiger partial charge in [-0.15, -0.1) is 0 Å². The van der Waals surface area contributed by atoms with Gasteiger partial charge in [0, 0.05) is 24.5 Å². The standard InChI is InChI=1S/C16H24BrN/c1-13(2)15-8-6-14(7-9-15)12-18(11-10-17)16-4-3-5-16/h6-9,13,16H,3-5,10-12H2,1-2H3. The van der Waals surface area contributed by atoms with Gasteiger partial charge in [-0.1, -0.05) is 60.5 Å². The second-order valence-corrected chi connectivity index (χ2v) is 6.43. The maximum atomic E-state index is 3.57. The van der Waals surface area contributed by atoms with Crippen molar-refractivity contribution in [2.24, 2.45) is 0 Å². The Balaban J connectivity index is 1.97. The average Bonchev–Trinajstić information content (AvgIpc) is 2.27. The molecule has 0 N–H and O–H groups in total. The van der Waals surface area contributed by atoms with Crippen molar-refractivity contribution >= 4 is 15.9 Å². The maximum absolute atomic E-state index is 3.57. The van der Waals surface area contributed by atoms with E-state index in [9.17, 15) is 0 Å². The van der Waals surface area contributed by atoms with E-state index in [0.717, 1.165) is 24.5 Å². The molecule has 1 fully saturated rings. The fourth-order valence-electron chi connectivity index (χ4n) is 2.49. The molecule has 1 aromatic rings. The normalized spacial score (nSPS) is 16.3. The number of benzene rings is 1. The van der Waals surface area contributed by atoms with Gasteiger partial charge in [-0.2, -0.15) is 0 Å². The molecule has 0 aromatic heterocycles. The van der Waals surface area contributed by atoms with E-state index < -0.39 is 0 Å². The summed E-state index contributed by atoms with van der Waals surface area (Å²) in [5.41, 5.74) is 2.89. The molecule has 0 atom stereocenters. The summed E-state index contributed by atoms with van der Waals surface area (Å²) in [5, 5.41) is 1.08. The van der Waals surface area contributed by atoms with Gasteiger partial charge in [0.2, 0.25) is 0 Å². The van der Waals surface area contributed by atoms with Gasteiger partial charge in [0.25, 0.3) is 0 Å². The molecule has 1 aliphatic rings. The average molecular weight is 310 g/mol. The highest BCUT2D eigenvalue weighted by Crippen LogP contribution is 2.26. The van der Waals surface area contributed by atoms with Crippen LogP contribution >= 0.6 is 15.9 Å². The van der Waals surface area contributed by atoms with Crippen LogP contribution in [-0.4, -0.2) is 22.8 Å². The molecule has 0 amide bonds. The van der Waals surface area contributed by atoms with Gasteiger partial charge in [-0.05, 0) is 29.9 Å². The number of halogens is 1. The molecule has 100 valence electrons. The zero-order valence-corrected chi connectivity index (χ0v) is 13.1. The van der Waals surface area contributed by atoms with Gasteiger partial charge in [0.15, 0.2) is 0 Å². The first-order chi connectivity index (χ1) is 8.70. The largest absolute Gasteiger partial charge is 0.295 e. The van der Waals surface area contributed by atoms with Crippen LogP contribution in [0.3, 0.4) is 0 Å². The van der Waals surface area contributed by atoms with E-state index in [1.165, 1.54) is 30.4 Å².